The van der Waals surface area contributed by atoms with E-state index < -0.39 is 5.97 Å². The van der Waals surface area contributed by atoms with Crippen LogP contribution in [-0.2, 0) is 4.74 Å². The monoisotopic (exact) mass is 359 g/mol. The Labute approximate surface area is 155 Å². The van der Waals surface area contributed by atoms with Gasteiger partial charge in [-0.1, -0.05) is 36.4 Å². The molecule has 3 aromatic rings. The number of nitrogens with zero attached hydrogens (tertiary/aromatic N) is 2. The number of fused-ring (bicyclic) bond motifs is 1. The molecule has 0 spiro atoms. The Morgan fingerprint density at radius 3 is 2.67 bits per heavy atom. The number of benzene rings is 2. The molecule has 0 bridgehead atoms. The lowest BCUT2D eigenvalue weighted by Gasteiger charge is -2.02. The summed E-state index contributed by atoms with van der Waals surface area (Å²) < 4.78 is 6.47. The first-order chi connectivity index (χ1) is 13.2. The summed E-state index contributed by atoms with van der Waals surface area (Å²) in [5.74, 6) is -0.570. The molecular formula is C21H17N3O3. The van der Waals surface area contributed by atoms with Gasteiger partial charge >= 0.3 is 5.97 Å². The summed E-state index contributed by atoms with van der Waals surface area (Å²) in [5, 5.41) is 2.89. The normalized spacial score (nSPS) is 13.7. The molecule has 4 rings (SSSR count). The molecule has 6 nitrogen and oxygen atoms in total. The van der Waals surface area contributed by atoms with E-state index in [0.29, 0.717) is 5.69 Å². The maximum Gasteiger partial charge on any atom is 0.357 e. The Bertz CT molecular complexity index is 1120. The van der Waals surface area contributed by atoms with Crippen LogP contribution in [-0.4, -0.2) is 28.6 Å². The van der Waals surface area contributed by atoms with E-state index in [4.69, 9.17) is 4.74 Å². The predicted octanol–water partition coefficient (Wildman–Crippen LogP) is 3.60. The van der Waals surface area contributed by atoms with E-state index in [1.165, 1.54) is 4.68 Å². The Balaban J connectivity index is 1.88. The molecule has 1 aliphatic heterocycles. The molecule has 6 heteroatoms. The summed E-state index contributed by atoms with van der Waals surface area (Å²) in [7, 11) is 0. The van der Waals surface area contributed by atoms with Gasteiger partial charge in [-0.25, -0.2) is 9.48 Å². The molecule has 134 valence electrons. The number of aliphatic imine (C=N–C) groups is 1. The summed E-state index contributed by atoms with van der Waals surface area (Å²) in [6.45, 7) is 1.94. The zero-order valence-corrected chi connectivity index (χ0v) is 14.7. The number of nitrogens with one attached hydrogen (secondary N) is 1. The number of aromatic amines is 1. The van der Waals surface area contributed by atoms with Crippen molar-refractivity contribution in [1.82, 2.24) is 9.78 Å². The molecular weight excluding hydrogens is 342 g/mol. The summed E-state index contributed by atoms with van der Waals surface area (Å²) in [6.07, 6.45) is 3.37. The minimum absolute atomic E-state index is 0.121. The lowest BCUT2D eigenvalue weighted by Crippen LogP contribution is -2.15. The van der Waals surface area contributed by atoms with Crippen LogP contribution in [0.5, 0.6) is 0 Å². The minimum Gasteiger partial charge on any atom is -0.461 e. The first kappa shape index (κ1) is 16.8. The molecule has 0 fully saturated rings. The van der Waals surface area contributed by atoms with Crippen LogP contribution < -0.4 is 5.56 Å². The molecule has 1 aromatic heterocycles. The zero-order valence-electron chi connectivity index (χ0n) is 14.7. The second-order valence-corrected chi connectivity index (χ2v) is 5.97. The van der Waals surface area contributed by atoms with E-state index in [1.54, 1.807) is 31.3 Å². The Kier molecular flexibility index (Phi) is 4.30. The number of hydrogen-bond acceptors (Lipinski definition) is 4. The van der Waals surface area contributed by atoms with Gasteiger partial charge in [0.15, 0.2) is 5.69 Å². The molecule has 2 aromatic carbocycles. The molecule has 0 radical (unpaired) electrons. The largest absolute Gasteiger partial charge is 0.461 e. The molecule has 0 saturated carbocycles. The van der Waals surface area contributed by atoms with Gasteiger partial charge in [-0.05, 0) is 31.2 Å². The van der Waals surface area contributed by atoms with Gasteiger partial charge in [0.25, 0.3) is 5.56 Å². The smallest absolute Gasteiger partial charge is 0.357 e. The number of hydrogen-bond donors (Lipinski definition) is 1. The van der Waals surface area contributed by atoms with Gasteiger partial charge in [-0.15, -0.1) is 0 Å². The highest BCUT2D eigenvalue weighted by atomic mass is 16.5. The average Bonchev–Trinajstić information content (AvgIpc) is 3.25. The van der Waals surface area contributed by atoms with Crippen molar-refractivity contribution >= 4 is 29.5 Å². The van der Waals surface area contributed by atoms with E-state index in [2.05, 4.69) is 10.1 Å². The summed E-state index contributed by atoms with van der Waals surface area (Å²) >= 11 is 0. The van der Waals surface area contributed by atoms with Crippen molar-refractivity contribution in [3.05, 3.63) is 81.8 Å². The molecule has 0 amide bonds. The van der Waals surface area contributed by atoms with Crippen LogP contribution in [0.25, 0.3) is 17.3 Å². The summed E-state index contributed by atoms with van der Waals surface area (Å²) in [6, 6.07) is 16.7. The Hall–Kier alpha value is -3.67. The summed E-state index contributed by atoms with van der Waals surface area (Å²) in [5.41, 5.74) is 3.20. The third-order valence-corrected chi connectivity index (χ3v) is 4.28. The van der Waals surface area contributed by atoms with Crippen molar-refractivity contribution in [2.75, 3.05) is 6.61 Å². The highest BCUT2D eigenvalue weighted by Gasteiger charge is 2.22. The molecule has 1 aliphatic rings. The number of carbonyl (C=O) groups excluding carboxylic acids is 1. The van der Waals surface area contributed by atoms with Gasteiger partial charge in [0.05, 0.1) is 23.5 Å². The van der Waals surface area contributed by atoms with Crippen molar-refractivity contribution in [2.45, 2.75) is 6.92 Å². The van der Waals surface area contributed by atoms with Crippen LogP contribution >= 0.6 is 0 Å². The molecule has 0 unspecified atom stereocenters. The van der Waals surface area contributed by atoms with E-state index in [0.717, 1.165) is 16.8 Å². The fourth-order valence-electron chi connectivity index (χ4n) is 3.01. The van der Waals surface area contributed by atoms with Crippen molar-refractivity contribution in [1.29, 1.82) is 0 Å². The zero-order chi connectivity index (χ0) is 18.8. The third-order valence-electron chi connectivity index (χ3n) is 4.28. The predicted molar refractivity (Wildman–Crippen MR) is 105 cm³/mol. The number of allylic oxidation sites excluding steroid dienone is 1. The topological polar surface area (TPSA) is 76.5 Å². The molecule has 0 atom stereocenters. The fourth-order valence-corrected chi connectivity index (χ4v) is 3.01. The van der Waals surface area contributed by atoms with Crippen molar-refractivity contribution in [3.63, 3.8) is 0 Å². The van der Waals surface area contributed by atoms with Crippen molar-refractivity contribution in [3.8, 4) is 5.69 Å². The van der Waals surface area contributed by atoms with Gasteiger partial charge < -0.3 is 4.74 Å². The van der Waals surface area contributed by atoms with Crippen LogP contribution in [0.3, 0.4) is 0 Å². The second-order valence-electron chi connectivity index (χ2n) is 5.97. The summed E-state index contributed by atoms with van der Waals surface area (Å²) in [4.78, 5) is 29.8. The van der Waals surface area contributed by atoms with Crippen LogP contribution in [0.2, 0.25) is 0 Å². The Morgan fingerprint density at radius 1 is 1.15 bits per heavy atom. The van der Waals surface area contributed by atoms with Gasteiger partial charge in [0.2, 0.25) is 0 Å². The maximum atomic E-state index is 13.0. The van der Waals surface area contributed by atoms with Gasteiger partial charge in [0.1, 0.15) is 0 Å². The van der Waals surface area contributed by atoms with Crippen LogP contribution in [0.15, 0.2) is 64.4 Å². The van der Waals surface area contributed by atoms with E-state index in [9.17, 15) is 9.59 Å². The van der Waals surface area contributed by atoms with E-state index in [1.807, 2.05) is 42.5 Å². The molecule has 27 heavy (non-hydrogen) atoms. The first-order valence-corrected chi connectivity index (χ1v) is 8.61. The first-order valence-electron chi connectivity index (χ1n) is 8.61. The Morgan fingerprint density at radius 2 is 1.89 bits per heavy atom. The lowest BCUT2D eigenvalue weighted by atomic mass is 10.0. The quantitative estimate of drug-likeness (QED) is 0.723. The number of esters is 1. The number of carbonyl (C=O) groups is 1. The molecule has 1 N–H and O–H groups in total. The highest BCUT2D eigenvalue weighted by Crippen LogP contribution is 2.32. The van der Waals surface area contributed by atoms with E-state index >= 15 is 0 Å². The van der Waals surface area contributed by atoms with Crippen molar-refractivity contribution in [2.24, 2.45) is 4.99 Å². The number of aromatic nitrogens is 2. The molecule has 2 heterocycles. The maximum absolute atomic E-state index is 13.0. The second kappa shape index (κ2) is 6.92. The average molecular weight is 359 g/mol. The van der Waals surface area contributed by atoms with Gasteiger partial charge in [-0.2, -0.15) is 0 Å². The van der Waals surface area contributed by atoms with Gasteiger partial charge in [0, 0.05) is 17.4 Å². The van der Waals surface area contributed by atoms with Crippen LogP contribution in [0.4, 0.5) is 5.69 Å². The third kappa shape index (κ3) is 3.01. The van der Waals surface area contributed by atoms with Crippen LogP contribution in [0.1, 0.15) is 28.5 Å². The highest BCUT2D eigenvalue weighted by molar-refractivity contribution is 6.21. The van der Waals surface area contributed by atoms with Crippen LogP contribution in [0, 0.1) is 0 Å². The minimum atomic E-state index is -0.570. The molecule has 0 aliphatic carbocycles. The molecule has 0 saturated heterocycles. The van der Waals surface area contributed by atoms with Crippen molar-refractivity contribution < 1.29 is 9.53 Å². The van der Waals surface area contributed by atoms with E-state index in [-0.39, 0.29) is 23.4 Å². The number of H-pyrrole nitrogens is 1. The SMILES string of the molecule is CCOC(=O)c1[nH]n(-c2ccccc2)c(=O)c1/C=C1\C=Nc2ccccc21. The standard InChI is InChI=1S/C21H17N3O3/c1-2-27-21(26)19-17(12-14-13-22-18-11-7-6-10-16(14)18)20(25)24(23-19)15-8-4-3-5-9-15/h3-13,23H,2H2,1H3/b14-12+. The number of para-hydroxylation sites is 2. The number of rotatable bonds is 4. The van der Waals surface area contributed by atoms with Gasteiger partial charge in [-0.3, -0.25) is 14.9 Å². The lowest BCUT2D eigenvalue weighted by molar-refractivity contribution is 0.0518. The number of ether oxygens (including phenoxy) is 1. The fraction of sp³-hybridized carbons (Fsp3) is 0.0952.